The van der Waals surface area contributed by atoms with Crippen molar-refractivity contribution >= 4 is 40.6 Å². The quantitative estimate of drug-likeness (QED) is 0.591. The van der Waals surface area contributed by atoms with Gasteiger partial charge in [0.15, 0.2) is 5.78 Å². The maximum absolute atomic E-state index is 13.3. The summed E-state index contributed by atoms with van der Waals surface area (Å²) in [6, 6.07) is 14.7. The van der Waals surface area contributed by atoms with Crippen molar-refractivity contribution in [3.8, 4) is 0 Å². The molecule has 5 heteroatoms. The summed E-state index contributed by atoms with van der Waals surface area (Å²) in [7, 11) is 0. The highest BCUT2D eigenvalue weighted by Gasteiger charge is 2.44. The largest absolute Gasteiger partial charge is 0.294 e. The predicted octanol–water partition coefficient (Wildman–Crippen LogP) is 6.16. The highest BCUT2D eigenvalue weighted by molar-refractivity contribution is 6.31. The van der Waals surface area contributed by atoms with Gasteiger partial charge in [-0.1, -0.05) is 55.2 Å². The van der Waals surface area contributed by atoms with Crippen LogP contribution >= 0.6 is 23.2 Å². The lowest BCUT2D eigenvalue weighted by Crippen LogP contribution is -2.43. The van der Waals surface area contributed by atoms with E-state index in [1.165, 1.54) is 0 Å². The van der Waals surface area contributed by atoms with E-state index >= 15 is 0 Å². The first-order chi connectivity index (χ1) is 13.3. The Hall–Kier alpha value is -2.10. The molecule has 0 fully saturated rings. The minimum atomic E-state index is -0.302. The lowest BCUT2D eigenvalue weighted by molar-refractivity contribution is -0.121. The first kappa shape index (κ1) is 19.2. The Kier molecular flexibility index (Phi) is 4.84. The summed E-state index contributed by atoms with van der Waals surface area (Å²) in [5.41, 5.74) is 2.90. The molecule has 28 heavy (non-hydrogen) atoms. The second-order valence-corrected chi connectivity index (χ2v) is 9.13. The van der Waals surface area contributed by atoms with Crippen LogP contribution in [0.4, 0.5) is 5.69 Å². The normalized spacial score (nSPS) is 21.7. The number of carbonyl (C=O) groups excluding carboxylic acids is 2. The minimum Gasteiger partial charge on any atom is -0.294 e. The van der Waals surface area contributed by atoms with Crippen LogP contribution < -0.4 is 4.90 Å². The number of Topliss-reactive ketones (excluding diaryl/α,β-unsaturated/α-hetero) is 1. The van der Waals surface area contributed by atoms with E-state index in [2.05, 4.69) is 13.8 Å². The molecule has 2 aliphatic rings. The number of allylic oxidation sites excluding steroid dienone is 2. The molecule has 0 spiro atoms. The summed E-state index contributed by atoms with van der Waals surface area (Å²) >= 11 is 12.5. The van der Waals surface area contributed by atoms with Crippen molar-refractivity contribution in [1.29, 1.82) is 0 Å². The summed E-state index contributed by atoms with van der Waals surface area (Å²) in [5.74, 6) is -0.234. The predicted molar refractivity (Wildman–Crippen MR) is 113 cm³/mol. The molecule has 1 amide bonds. The van der Waals surface area contributed by atoms with Crippen molar-refractivity contribution in [2.24, 2.45) is 5.41 Å². The molecule has 1 atom stereocenters. The van der Waals surface area contributed by atoms with Gasteiger partial charge >= 0.3 is 0 Å². The van der Waals surface area contributed by atoms with E-state index < -0.39 is 0 Å². The van der Waals surface area contributed by atoms with Crippen molar-refractivity contribution in [2.45, 2.75) is 39.0 Å². The fourth-order valence-electron chi connectivity index (χ4n) is 4.33. The smallest absolute Gasteiger partial charge is 0.232 e. The Balaban J connectivity index is 1.91. The summed E-state index contributed by atoms with van der Waals surface area (Å²) in [4.78, 5) is 28.2. The molecule has 3 nitrogen and oxygen atoms in total. The van der Waals surface area contributed by atoms with Crippen LogP contribution in [-0.4, -0.2) is 11.7 Å². The van der Waals surface area contributed by atoms with Crippen molar-refractivity contribution in [3.63, 3.8) is 0 Å². The summed E-state index contributed by atoms with van der Waals surface area (Å²) in [6.07, 6.45) is 1.34. The van der Waals surface area contributed by atoms with Gasteiger partial charge in [0.2, 0.25) is 5.91 Å². The third kappa shape index (κ3) is 3.38. The van der Waals surface area contributed by atoms with Crippen molar-refractivity contribution < 1.29 is 9.59 Å². The average molecular weight is 414 g/mol. The molecule has 2 aromatic rings. The highest BCUT2D eigenvalue weighted by Crippen LogP contribution is 2.49. The number of anilines is 1. The minimum absolute atomic E-state index is 0.0310. The monoisotopic (exact) mass is 413 g/mol. The van der Waals surface area contributed by atoms with E-state index in [0.717, 1.165) is 22.5 Å². The standard InChI is InChI=1S/C23H21Cl2NO2/c1-23(2)12-19-22(20(27)13-23)17(16-5-3-4-6-18(16)25)11-21(28)26(19)15-9-7-14(24)8-10-15/h3-10,17H,11-13H2,1-2H3. The Morgan fingerprint density at radius 1 is 0.964 bits per heavy atom. The fraction of sp³-hybridized carbons (Fsp3) is 0.304. The Morgan fingerprint density at radius 2 is 1.64 bits per heavy atom. The van der Waals surface area contributed by atoms with Crippen LogP contribution in [0.25, 0.3) is 0 Å². The van der Waals surface area contributed by atoms with E-state index in [4.69, 9.17) is 23.2 Å². The van der Waals surface area contributed by atoms with Crippen molar-refractivity contribution in [2.75, 3.05) is 4.90 Å². The molecule has 1 heterocycles. The van der Waals surface area contributed by atoms with E-state index in [-0.39, 0.29) is 29.4 Å². The molecule has 0 saturated heterocycles. The second-order valence-electron chi connectivity index (χ2n) is 8.29. The number of hydrogen-bond donors (Lipinski definition) is 0. The van der Waals surface area contributed by atoms with Crippen molar-refractivity contribution in [1.82, 2.24) is 0 Å². The van der Waals surface area contributed by atoms with Crippen LogP contribution in [0.2, 0.25) is 10.0 Å². The second kappa shape index (κ2) is 7.06. The zero-order valence-corrected chi connectivity index (χ0v) is 17.3. The van der Waals surface area contributed by atoms with E-state index in [1.807, 2.05) is 36.4 Å². The zero-order valence-electron chi connectivity index (χ0n) is 15.8. The number of carbonyl (C=O) groups is 2. The number of nitrogens with zero attached hydrogens (tertiary/aromatic N) is 1. The van der Waals surface area contributed by atoms with Crippen LogP contribution in [0.5, 0.6) is 0 Å². The first-order valence-corrected chi connectivity index (χ1v) is 10.1. The third-order valence-corrected chi connectivity index (χ3v) is 6.10. The molecule has 0 saturated carbocycles. The lowest BCUT2D eigenvalue weighted by Gasteiger charge is -2.43. The van der Waals surface area contributed by atoms with Crippen molar-refractivity contribution in [3.05, 3.63) is 75.4 Å². The SMILES string of the molecule is CC1(C)CC(=O)C2=C(C1)N(c1ccc(Cl)cc1)C(=O)CC2c1ccccc1Cl. The van der Waals surface area contributed by atoms with E-state index in [9.17, 15) is 9.59 Å². The van der Waals surface area contributed by atoms with Gasteiger partial charge in [-0.15, -0.1) is 0 Å². The molecule has 4 rings (SSSR count). The number of benzene rings is 2. The number of ketones is 1. The van der Waals surface area contributed by atoms with Gasteiger partial charge in [0, 0.05) is 45.8 Å². The van der Waals surface area contributed by atoms with Crippen LogP contribution in [0.15, 0.2) is 59.8 Å². The van der Waals surface area contributed by atoms with Crippen LogP contribution in [0.1, 0.15) is 44.6 Å². The van der Waals surface area contributed by atoms with E-state index in [1.54, 1.807) is 17.0 Å². The van der Waals surface area contributed by atoms with Gasteiger partial charge in [0.1, 0.15) is 0 Å². The molecule has 1 aliphatic carbocycles. The summed E-state index contributed by atoms with van der Waals surface area (Å²) in [5, 5.41) is 1.20. The summed E-state index contributed by atoms with van der Waals surface area (Å²) in [6.45, 7) is 4.14. The Labute approximate surface area is 174 Å². The van der Waals surface area contributed by atoms with Crippen LogP contribution in [-0.2, 0) is 9.59 Å². The van der Waals surface area contributed by atoms with Crippen LogP contribution in [0.3, 0.4) is 0 Å². The molecule has 0 aromatic heterocycles. The molecule has 0 bridgehead atoms. The number of rotatable bonds is 2. The summed E-state index contributed by atoms with van der Waals surface area (Å²) < 4.78 is 0. The fourth-order valence-corrected chi connectivity index (χ4v) is 4.72. The van der Waals surface area contributed by atoms with Gasteiger partial charge < -0.3 is 0 Å². The Morgan fingerprint density at radius 3 is 2.32 bits per heavy atom. The number of amides is 1. The van der Waals surface area contributed by atoms with Gasteiger partial charge in [0.05, 0.1) is 0 Å². The molecule has 1 unspecified atom stereocenters. The number of halogens is 2. The van der Waals surface area contributed by atoms with Gasteiger partial charge in [-0.3, -0.25) is 14.5 Å². The third-order valence-electron chi connectivity index (χ3n) is 5.51. The Bertz CT molecular complexity index is 992. The van der Waals surface area contributed by atoms with Crippen LogP contribution in [0, 0.1) is 5.41 Å². The van der Waals surface area contributed by atoms with Gasteiger partial charge in [0.25, 0.3) is 0 Å². The average Bonchev–Trinajstić information content (AvgIpc) is 2.61. The molecular weight excluding hydrogens is 393 g/mol. The van der Waals surface area contributed by atoms with Gasteiger partial charge in [-0.2, -0.15) is 0 Å². The molecule has 1 aliphatic heterocycles. The molecule has 144 valence electrons. The lowest BCUT2D eigenvalue weighted by atomic mass is 9.69. The number of hydrogen-bond acceptors (Lipinski definition) is 2. The molecule has 0 radical (unpaired) electrons. The first-order valence-electron chi connectivity index (χ1n) is 9.36. The van der Waals surface area contributed by atoms with E-state index in [0.29, 0.717) is 22.9 Å². The van der Waals surface area contributed by atoms with Gasteiger partial charge in [-0.05, 0) is 47.7 Å². The maximum atomic E-state index is 13.3. The van der Waals surface area contributed by atoms with Gasteiger partial charge in [-0.25, -0.2) is 0 Å². The zero-order chi connectivity index (χ0) is 20.1. The molecule has 0 N–H and O–H groups in total. The highest BCUT2D eigenvalue weighted by atomic mass is 35.5. The molecule has 2 aromatic carbocycles. The maximum Gasteiger partial charge on any atom is 0.232 e. The topological polar surface area (TPSA) is 37.4 Å². The molecular formula is C23H21Cl2NO2.